The van der Waals surface area contributed by atoms with Crippen molar-refractivity contribution in [3.05, 3.63) is 18.2 Å². The molecule has 1 aromatic heterocycles. The van der Waals surface area contributed by atoms with Gasteiger partial charge in [-0.2, -0.15) is 11.8 Å². The van der Waals surface area contributed by atoms with Gasteiger partial charge in [-0.25, -0.2) is 4.98 Å². The minimum absolute atomic E-state index is 1.11. The van der Waals surface area contributed by atoms with Crippen LogP contribution in [0, 0.1) is 6.92 Å². The molecule has 0 aliphatic rings. The zero-order chi connectivity index (χ0) is 7.82. The second-order valence-electron chi connectivity index (χ2n) is 1.81. The van der Waals surface area contributed by atoms with Gasteiger partial charge in [0.05, 0.1) is 6.33 Å². The van der Waals surface area contributed by atoms with E-state index < -0.39 is 0 Å². The van der Waals surface area contributed by atoms with Crippen LogP contribution < -0.4 is 0 Å². The van der Waals surface area contributed by atoms with Crippen molar-refractivity contribution in [2.75, 3.05) is 12.0 Å². The van der Waals surface area contributed by atoms with E-state index in [1.807, 2.05) is 18.7 Å². The number of hydrogen-bond donors (Lipinski definition) is 1. The lowest BCUT2D eigenvalue weighted by molar-refractivity contribution is 1.25. The summed E-state index contributed by atoms with van der Waals surface area (Å²) in [6, 6.07) is 0. The molecule has 0 aliphatic heterocycles. The van der Waals surface area contributed by atoms with E-state index in [9.17, 15) is 0 Å². The van der Waals surface area contributed by atoms with Crippen molar-refractivity contribution < 1.29 is 0 Å². The molecular weight excluding hydrogens is 144 g/mol. The Morgan fingerprint density at radius 2 is 2.30 bits per heavy atom. The van der Waals surface area contributed by atoms with Crippen molar-refractivity contribution in [1.82, 2.24) is 9.97 Å². The van der Waals surface area contributed by atoms with Gasteiger partial charge >= 0.3 is 0 Å². The molecule has 1 aromatic rings. The van der Waals surface area contributed by atoms with E-state index in [1.54, 1.807) is 12.5 Å². The van der Waals surface area contributed by atoms with E-state index in [4.69, 9.17) is 0 Å². The summed E-state index contributed by atoms with van der Waals surface area (Å²) in [4.78, 5) is 6.66. The Balaban J connectivity index is 0.000000180. The Kier molecular flexibility index (Phi) is 6.38. The molecule has 0 atom stereocenters. The Labute approximate surface area is 66.4 Å². The van der Waals surface area contributed by atoms with Crippen LogP contribution in [0.1, 0.15) is 12.6 Å². The third kappa shape index (κ3) is 5.69. The summed E-state index contributed by atoms with van der Waals surface area (Å²) in [5.41, 5.74) is 1.11. The third-order valence-electron chi connectivity index (χ3n) is 0.924. The summed E-state index contributed by atoms with van der Waals surface area (Å²) in [6.07, 6.45) is 5.54. The van der Waals surface area contributed by atoms with Crippen molar-refractivity contribution >= 4 is 11.8 Å². The lowest BCUT2D eigenvalue weighted by Crippen LogP contribution is -1.59. The summed E-state index contributed by atoms with van der Waals surface area (Å²) in [5, 5.41) is 0. The standard InChI is InChI=1S/C4H6N2.C3H8S/c1-4-2-5-3-6-4;1-3-4-2/h2-3H,1H3,(H,5,6);3H2,1-2H3. The number of aryl methyl sites for hydroxylation is 1. The lowest BCUT2D eigenvalue weighted by atomic mass is 10.6. The number of rotatable bonds is 1. The highest BCUT2D eigenvalue weighted by Gasteiger charge is 1.73. The van der Waals surface area contributed by atoms with Crippen LogP contribution in [0.3, 0.4) is 0 Å². The molecule has 1 rings (SSSR count). The Morgan fingerprint density at radius 1 is 1.70 bits per heavy atom. The molecule has 0 amide bonds. The summed E-state index contributed by atoms with van der Waals surface area (Å²) in [7, 11) is 0. The molecule has 0 radical (unpaired) electrons. The first kappa shape index (κ1) is 9.56. The number of hydrogen-bond acceptors (Lipinski definition) is 2. The summed E-state index contributed by atoms with van der Waals surface area (Å²) >= 11 is 1.86. The van der Waals surface area contributed by atoms with Crippen LogP contribution in [-0.4, -0.2) is 22.0 Å². The van der Waals surface area contributed by atoms with Crippen LogP contribution in [0.25, 0.3) is 0 Å². The van der Waals surface area contributed by atoms with Gasteiger partial charge in [0.25, 0.3) is 0 Å². The van der Waals surface area contributed by atoms with Gasteiger partial charge < -0.3 is 4.98 Å². The first-order chi connectivity index (χ1) is 4.81. The molecule has 1 N–H and O–H groups in total. The molecule has 0 aliphatic carbocycles. The Hall–Kier alpha value is -0.440. The van der Waals surface area contributed by atoms with Crippen LogP contribution >= 0.6 is 11.8 Å². The molecule has 0 unspecified atom stereocenters. The van der Waals surface area contributed by atoms with Gasteiger partial charge in [-0.3, -0.25) is 0 Å². The van der Waals surface area contributed by atoms with E-state index in [0.29, 0.717) is 0 Å². The minimum atomic E-state index is 1.11. The number of imidazole rings is 1. The number of aromatic amines is 1. The average Bonchev–Trinajstić information content (AvgIpc) is 2.40. The van der Waals surface area contributed by atoms with E-state index in [0.717, 1.165) is 5.69 Å². The zero-order valence-corrected chi connectivity index (χ0v) is 7.53. The fraction of sp³-hybridized carbons (Fsp3) is 0.571. The molecule has 0 bridgehead atoms. The first-order valence-electron chi connectivity index (χ1n) is 3.25. The quantitative estimate of drug-likeness (QED) is 0.678. The number of thioether (sulfide) groups is 1. The monoisotopic (exact) mass is 158 g/mol. The Bertz CT molecular complexity index is 135. The smallest absolute Gasteiger partial charge is 0.0921 e. The van der Waals surface area contributed by atoms with Gasteiger partial charge in [0.2, 0.25) is 0 Å². The van der Waals surface area contributed by atoms with Gasteiger partial charge in [-0.1, -0.05) is 6.92 Å². The first-order valence-corrected chi connectivity index (χ1v) is 4.64. The van der Waals surface area contributed by atoms with Crippen molar-refractivity contribution in [2.24, 2.45) is 0 Å². The maximum Gasteiger partial charge on any atom is 0.0921 e. The van der Waals surface area contributed by atoms with E-state index in [-0.39, 0.29) is 0 Å². The predicted octanol–water partition coefficient (Wildman–Crippen LogP) is 2.09. The molecule has 2 nitrogen and oxygen atoms in total. The normalized spacial score (nSPS) is 8.30. The second kappa shape index (κ2) is 6.68. The molecule has 3 heteroatoms. The lowest BCUT2D eigenvalue weighted by Gasteiger charge is -1.69. The minimum Gasteiger partial charge on any atom is -0.349 e. The molecule has 58 valence electrons. The number of H-pyrrole nitrogens is 1. The maximum absolute atomic E-state index is 3.77. The van der Waals surface area contributed by atoms with E-state index in [2.05, 4.69) is 23.1 Å². The van der Waals surface area contributed by atoms with Gasteiger partial charge in [0.15, 0.2) is 0 Å². The highest BCUT2D eigenvalue weighted by molar-refractivity contribution is 7.98. The van der Waals surface area contributed by atoms with Gasteiger partial charge in [0.1, 0.15) is 0 Å². The fourth-order valence-electron chi connectivity index (χ4n) is 0.325. The maximum atomic E-state index is 3.77. The topological polar surface area (TPSA) is 28.7 Å². The van der Waals surface area contributed by atoms with Crippen LogP contribution in [0.2, 0.25) is 0 Å². The van der Waals surface area contributed by atoms with Crippen LogP contribution in [-0.2, 0) is 0 Å². The molecule has 10 heavy (non-hydrogen) atoms. The number of aromatic nitrogens is 2. The van der Waals surface area contributed by atoms with Crippen molar-refractivity contribution in [1.29, 1.82) is 0 Å². The molecule has 1 heterocycles. The van der Waals surface area contributed by atoms with Gasteiger partial charge in [-0.15, -0.1) is 0 Å². The summed E-state index contributed by atoms with van der Waals surface area (Å²) in [6.45, 7) is 4.11. The number of nitrogens with zero attached hydrogens (tertiary/aromatic N) is 1. The molecule has 0 saturated heterocycles. The molecule has 0 saturated carbocycles. The van der Waals surface area contributed by atoms with Crippen LogP contribution in [0.4, 0.5) is 0 Å². The van der Waals surface area contributed by atoms with Crippen LogP contribution in [0.5, 0.6) is 0 Å². The van der Waals surface area contributed by atoms with E-state index >= 15 is 0 Å². The second-order valence-corrected chi connectivity index (χ2v) is 2.97. The summed E-state index contributed by atoms with van der Waals surface area (Å²) in [5.74, 6) is 1.24. The van der Waals surface area contributed by atoms with Crippen molar-refractivity contribution in [3.8, 4) is 0 Å². The Morgan fingerprint density at radius 3 is 2.40 bits per heavy atom. The largest absolute Gasteiger partial charge is 0.349 e. The van der Waals surface area contributed by atoms with E-state index in [1.165, 1.54) is 5.75 Å². The SMILES string of the molecule is CCSC.Cc1cnc[nH]1. The van der Waals surface area contributed by atoms with Gasteiger partial charge in [0, 0.05) is 11.9 Å². The molecule has 0 spiro atoms. The molecule has 0 aromatic carbocycles. The van der Waals surface area contributed by atoms with Crippen molar-refractivity contribution in [2.45, 2.75) is 13.8 Å². The third-order valence-corrected chi connectivity index (χ3v) is 1.50. The van der Waals surface area contributed by atoms with Gasteiger partial charge in [-0.05, 0) is 18.9 Å². The summed E-state index contributed by atoms with van der Waals surface area (Å²) < 4.78 is 0. The molecular formula is C7H14N2S. The fourth-order valence-corrected chi connectivity index (χ4v) is 0.325. The van der Waals surface area contributed by atoms with Crippen molar-refractivity contribution in [3.63, 3.8) is 0 Å². The highest BCUT2D eigenvalue weighted by atomic mass is 32.2. The zero-order valence-electron chi connectivity index (χ0n) is 6.72. The average molecular weight is 158 g/mol. The van der Waals surface area contributed by atoms with Crippen LogP contribution in [0.15, 0.2) is 12.5 Å². The molecule has 0 fully saturated rings. The predicted molar refractivity (Wildman–Crippen MR) is 47.4 cm³/mol. The highest BCUT2D eigenvalue weighted by Crippen LogP contribution is 1.83. The number of nitrogens with one attached hydrogen (secondary N) is 1.